The fourth-order valence-electron chi connectivity index (χ4n) is 1.84. The van der Waals surface area contributed by atoms with Crippen molar-refractivity contribution in [1.29, 1.82) is 0 Å². The zero-order chi connectivity index (χ0) is 15.1. The van der Waals surface area contributed by atoms with Gasteiger partial charge >= 0.3 is 0 Å². The predicted molar refractivity (Wildman–Crippen MR) is 91.3 cm³/mol. The molecule has 0 aliphatic rings. The minimum Gasteiger partial charge on any atom is -0.269 e. The Morgan fingerprint density at radius 3 is 1.81 bits per heavy atom. The first-order valence-electron chi connectivity index (χ1n) is 6.83. The highest BCUT2D eigenvalue weighted by Crippen LogP contribution is 2.12. The van der Waals surface area contributed by atoms with Crippen LogP contribution in [0, 0.1) is 0 Å². The van der Waals surface area contributed by atoms with Crippen LogP contribution >= 0.6 is 0 Å². The first-order valence-corrected chi connectivity index (χ1v) is 6.83. The molecule has 2 rings (SSSR count). The van der Waals surface area contributed by atoms with Crippen molar-refractivity contribution in [3.05, 3.63) is 60.7 Å². The Morgan fingerprint density at radius 1 is 0.810 bits per heavy atom. The molecule has 4 nitrogen and oxygen atoms in total. The number of benzene rings is 2. The van der Waals surface area contributed by atoms with E-state index in [4.69, 9.17) is 0 Å². The molecule has 2 aromatic rings. The van der Waals surface area contributed by atoms with Crippen LogP contribution in [0.25, 0.3) is 0 Å². The van der Waals surface area contributed by atoms with Gasteiger partial charge in [0, 0.05) is 14.1 Å². The molecule has 0 aliphatic heterocycles. The van der Waals surface area contributed by atoms with Crippen molar-refractivity contribution in [2.45, 2.75) is 6.92 Å². The molecule has 0 atom stereocenters. The lowest BCUT2D eigenvalue weighted by atomic mass is 10.3. The van der Waals surface area contributed by atoms with Crippen LogP contribution in [-0.2, 0) is 0 Å². The second kappa shape index (κ2) is 7.24. The fraction of sp³-hybridized carbons (Fsp3) is 0.176. The molecule has 0 radical (unpaired) electrons. The number of hydrogen-bond donors (Lipinski definition) is 0. The van der Waals surface area contributed by atoms with E-state index < -0.39 is 0 Å². The molecule has 0 bridgehead atoms. The second-order valence-electron chi connectivity index (χ2n) is 4.70. The maximum atomic E-state index is 4.49. The number of para-hydroxylation sites is 2. The molecule has 0 amide bonds. The number of rotatable bonds is 5. The van der Waals surface area contributed by atoms with Crippen LogP contribution in [0.15, 0.2) is 70.9 Å². The van der Waals surface area contributed by atoms with Gasteiger partial charge in [0.15, 0.2) is 0 Å². The van der Waals surface area contributed by atoms with Gasteiger partial charge in [-0.15, -0.1) is 0 Å². The van der Waals surface area contributed by atoms with E-state index >= 15 is 0 Å². The summed E-state index contributed by atoms with van der Waals surface area (Å²) in [5.41, 5.74) is 2.92. The molecule has 0 saturated heterocycles. The predicted octanol–water partition coefficient (Wildman–Crippen LogP) is 3.62. The summed E-state index contributed by atoms with van der Waals surface area (Å²) >= 11 is 0. The van der Waals surface area contributed by atoms with Gasteiger partial charge in [-0.2, -0.15) is 10.2 Å². The molecule has 108 valence electrons. The first-order chi connectivity index (χ1) is 10.2. The molecular weight excluding hydrogens is 260 g/mol. The van der Waals surface area contributed by atoms with Crippen molar-refractivity contribution >= 4 is 23.3 Å². The molecule has 0 heterocycles. The summed E-state index contributed by atoms with van der Waals surface area (Å²) < 4.78 is 0. The molecule has 0 fully saturated rings. The van der Waals surface area contributed by atoms with Gasteiger partial charge in [-0.3, -0.25) is 10.0 Å². The molecule has 4 heteroatoms. The third-order valence-corrected chi connectivity index (χ3v) is 2.99. The van der Waals surface area contributed by atoms with Crippen molar-refractivity contribution in [3.8, 4) is 0 Å². The van der Waals surface area contributed by atoms with E-state index in [1.807, 2.05) is 91.7 Å². The van der Waals surface area contributed by atoms with Gasteiger partial charge in [0.05, 0.1) is 23.3 Å². The van der Waals surface area contributed by atoms with Crippen molar-refractivity contribution in [3.63, 3.8) is 0 Å². The average Bonchev–Trinajstić information content (AvgIpc) is 2.54. The van der Waals surface area contributed by atoms with Gasteiger partial charge in [0.2, 0.25) is 0 Å². The zero-order valence-corrected chi connectivity index (χ0v) is 12.6. The van der Waals surface area contributed by atoms with Crippen molar-refractivity contribution in [2.75, 3.05) is 24.1 Å². The monoisotopic (exact) mass is 280 g/mol. The largest absolute Gasteiger partial charge is 0.269 e. The van der Waals surface area contributed by atoms with E-state index in [2.05, 4.69) is 10.2 Å². The Kier molecular flexibility index (Phi) is 5.10. The second-order valence-corrected chi connectivity index (χ2v) is 4.70. The smallest absolute Gasteiger partial charge is 0.0778 e. The average molecular weight is 280 g/mol. The quantitative estimate of drug-likeness (QED) is 0.618. The molecule has 0 N–H and O–H groups in total. The number of anilines is 2. The van der Waals surface area contributed by atoms with Crippen LogP contribution in [0.3, 0.4) is 0 Å². The van der Waals surface area contributed by atoms with Gasteiger partial charge < -0.3 is 0 Å². The van der Waals surface area contributed by atoms with Crippen molar-refractivity contribution < 1.29 is 0 Å². The van der Waals surface area contributed by atoms with E-state index in [0.717, 1.165) is 17.1 Å². The Morgan fingerprint density at radius 2 is 1.29 bits per heavy atom. The van der Waals surface area contributed by atoms with Crippen LogP contribution in [0.1, 0.15) is 6.92 Å². The summed E-state index contributed by atoms with van der Waals surface area (Å²) in [4.78, 5) is 0. The Bertz CT molecular complexity index is 605. The van der Waals surface area contributed by atoms with Crippen LogP contribution in [0.4, 0.5) is 11.4 Å². The number of hydrogen-bond acceptors (Lipinski definition) is 4. The van der Waals surface area contributed by atoms with Crippen LogP contribution in [-0.4, -0.2) is 26.0 Å². The lowest BCUT2D eigenvalue weighted by Gasteiger charge is -2.14. The van der Waals surface area contributed by atoms with Gasteiger partial charge in [-0.05, 0) is 31.2 Å². The van der Waals surface area contributed by atoms with Crippen LogP contribution < -0.4 is 10.0 Å². The van der Waals surface area contributed by atoms with Gasteiger partial charge in [0.1, 0.15) is 0 Å². The Hall–Kier alpha value is -2.62. The van der Waals surface area contributed by atoms with Crippen molar-refractivity contribution in [1.82, 2.24) is 0 Å². The molecule has 2 aromatic carbocycles. The minimum absolute atomic E-state index is 0.837. The molecule has 0 unspecified atom stereocenters. The summed E-state index contributed by atoms with van der Waals surface area (Å²) in [5, 5.41) is 12.5. The summed E-state index contributed by atoms with van der Waals surface area (Å²) in [7, 11) is 3.84. The third kappa shape index (κ3) is 4.45. The lowest BCUT2D eigenvalue weighted by molar-refractivity contribution is 1.01. The van der Waals surface area contributed by atoms with Crippen molar-refractivity contribution in [2.24, 2.45) is 10.2 Å². The highest BCUT2D eigenvalue weighted by atomic mass is 15.5. The van der Waals surface area contributed by atoms with Gasteiger partial charge in [-0.25, -0.2) is 0 Å². The molecular formula is C17H20N4. The van der Waals surface area contributed by atoms with E-state index in [9.17, 15) is 0 Å². The van der Waals surface area contributed by atoms with Crippen LogP contribution in [0.2, 0.25) is 0 Å². The standard InChI is InChI=1S/C17H20N4/c1-15(19-21(3)17-12-8-5-9-13-17)14-18-20(2)16-10-6-4-7-11-16/h4-14H,1-3H3. The molecule has 0 aromatic heterocycles. The lowest BCUT2D eigenvalue weighted by Crippen LogP contribution is -2.14. The van der Waals surface area contributed by atoms with Crippen LogP contribution in [0.5, 0.6) is 0 Å². The topological polar surface area (TPSA) is 31.2 Å². The Labute approximate surface area is 126 Å². The summed E-state index contributed by atoms with van der Waals surface area (Å²) in [6.45, 7) is 1.93. The maximum Gasteiger partial charge on any atom is 0.0778 e. The van der Waals surface area contributed by atoms with Gasteiger partial charge in [-0.1, -0.05) is 36.4 Å². The fourth-order valence-corrected chi connectivity index (χ4v) is 1.84. The molecule has 0 saturated carbocycles. The van der Waals surface area contributed by atoms with E-state index in [1.165, 1.54) is 0 Å². The summed E-state index contributed by atoms with van der Waals surface area (Å²) in [6, 6.07) is 20.0. The molecule has 0 spiro atoms. The highest BCUT2D eigenvalue weighted by molar-refractivity contribution is 6.29. The maximum absolute atomic E-state index is 4.49. The first kappa shape index (κ1) is 14.8. The third-order valence-electron chi connectivity index (χ3n) is 2.99. The van der Waals surface area contributed by atoms with E-state index in [-0.39, 0.29) is 0 Å². The minimum atomic E-state index is 0.837. The van der Waals surface area contributed by atoms with Gasteiger partial charge in [0.25, 0.3) is 0 Å². The SMILES string of the molecule is CC(C=NN(C)c1ccccc1)=NN(C)c1ccccc1. The summed E-state index contributed by atoms with van der Waals surface area (Å²) in [5.74, 6) is 0. The molecule has 21 heavy (non-hydrogen) atoms. The Balaban J connectivity index is 2.02. The zero-order valence-electron chi connectivity index (χ0n) is 12.6. The molecule has 0 aliphatic carbocycles. The number of hydrazone groups is 2. The van der Waals surface area contributed by atoms with E-state index in [1.54, 1.807) is 6.21 Å². The highest BCUT2D eigenvalue weighted by Gasteiger charge is 1.98. The van der Waals surface area contributed by atoms with E-state index in [0.29, 0.717) is 0 Å². The number of nitrogens with zero attached hydrogens (tertiary/aromatic N) is 4. The summed E-state index contributed by atoms with van der Waals surface area (Å²) in [6.07, 6.45) is 1.76. The normalized spacial score (nSPS) is 11.7.